The Bertz CT molecular complexity index is 361. The second-order valence-corrected chi connectivity index (χ2v) is 7.45. The number of hydrogen-bond acceptors (Lipinski definition) is 3. The summed E-state index contributed by atoms with van der Waals surface area (Å²) in [7, 11) is -3.25. The molecule has 6 heteroatoms. The van der Waals surface area contributed by atoms with Crippen LogP contribution in [0.5, 0.6) is 0 Å². The van der Waals surface area contributed by atoms with Gasteiger partial charge in [-0.2, -0.15) is 0 Å². The first-order valence-electron chi connectivity index (χ1n) is 5.87. The van der Waals surface area contributed by atoms with Gasteiger partial charge in [0.15, 0.2) is 9.84 Å². The number of sulfone groups is 1. The van der Waals surface area contributed by atoms with Gasteiger partial charge in [-0.3, -0.25) is 4.79 Å². The van der Waals surface area contributed by atoms with Crippen molar-refractivity contribution in [3.63, 3.8) is 0 Å². The van der Waals surface area contributed by atoms with Crippen LogP contribution in [0.25, 0.3) is 0 Å². The molecule has 0 bridgehead atoms. The quantitative estimate of drug-likeness (QED) is 0.774. The molecule has 100 valence electrons. The molecule has 0 aromatic heterocycles. The zero-order chi connectivity index (χ0) is 12.9. The normalized spacial score (nSPS) is 19.9. The van der Waals surface area contributed by atoms with E-state index in [2.05, 4.69) is 5.32 Å². The van der Waals surface area contributed by atoms with Crippen LogP contribution in [0.4, 0.5) is 0 Å². The zero-order valence-corrected chi connectivity index (χ0v) is 11.7. The van der Waals surface area contributed by atoms with Crippen LogP contribution in [0.1, 0.15) is 32.1 Å². The maximum atomic E-state index is 11.4. The van der Waals surface area contributed by atoms with E-state index >= 15 is 0 Å². The zero-order valence-electron chi connectivity index (χ0n) is 10.2. The van der Waals surface area contributed by atoms with Gasteiger partial charge < -0.3 is 5.32 Å². The van der Waals surface area contributed by atoms with E-state index in [0.29, 0.717) is 12.4 Å². The molecular weight excluding hydrogens is 262 g/mol. The second-order valence-electron chi connectivity index (χ2n) is 5.04. The van der Waals surface area contributed by atoms with E-state index in [9.17, 15) is 13.2 Å². The highest BCUT2D eigenvalue weighted by Crippen LogP contribution is 2.36. The van der Waals surface area contributed by atoms with E-state index < -0.39 is 21.5 Å². The van der Waals surface area contributed by atoms with Crippen molar-refractivity contribution in [1.29, 1.82) is 0 Å². The first-order valence-corrected chi connectivity index (χ1v) is 8.47. The first kappa shape index (κ1) is 14.8. The average molecular weight is 282 g/mol. The van der Waals surface area contributed by atoms with Crippen LogP contribution in [0, 0.1) is 5.41 Å². The largest absolute Gasteiger partial charge is 0.355 e. The highest BCUT2D eigenvalue weighted by Gasteiger charge is 2.31. The molecule has 1 N–H and O–H groups in total. The van der Waals surface area contributed by atoms with Crippen molar-refractivity contribution in [3.8, 4) is 0 Å². The number of halogens is 1. The Hall–Kier alpha value is -0.290. The molecule has 4 nitrogen and oxygen atoms in total. The predicted molar refractivity (Wildman–Crippen MR) is 69.0 cm³/mol. The second kappa shape index (κ2) is 6.05. The van der Waals surface area contributed by atoms with E-state index in [1.807, 2.05) is 0 Å². The maximum absolute atomic E-state index is 11.4. The van der Waals surface area contributed by atoms with E-state index in [1.165, 1.54) is 6.42 Å². The lowest BCUT2D eigenvalue weighted by Crippen LogP contribution is -2.42. The lowest BCUT2D eigenvalue weighted by molar-refractivity contribution is -0.119. The number of nitrogens with one attached hydrogen (secondary N) is 1. The molecule has 1 fully saturated rings. The molecule has 0 aromatic rings. The molecule has 0 aliphatic heterocycles. The molecule has 0 unspecified atom stereocenters. The summed E-state index contributed by atoms with van der Waals surface area (Å²) >= 11 is 5.98. The monoisotopic (exact) mass is 281 g/mol. The van der Waals surface area contributed by atoms with E-state index in [1.54, 1.807) is 0 Å². The standard InChI is InChI=1S/C11H20ClNO3S/c1-17(15,16)7-10(14)13-9-11(8-12)5-3-2-4-6-11/h2-9H2,1H3,(H,13,14). The molecule has 1 saturated carbocycles. The Balaban J connectivity index is 2.45. The van der Waals surface area contributed by atoms with Crippen molar-refractivity contribution < 1.29 is 13.2 Å². The molecule has 0 spiro atoms. The summed E-state index contributed by atoms with van der Waals surface area (Å²) in [5.41, 5.74) is -0.0348. The lowest BCUT2D eigenvalue weighted by Gasteiger charge is -2.35. The van der Waals surface area contributed by atoms with Gasteiger partial charge in [-0.15, -0.1) is 11.6 Å². The molecule has 1 aliphatic carbocycles. The fourth-order valence-corrected chi connectivity index (χ4v) is 3.17. The minimum absolute atomic E-state index is 0.0348. The summed E-state index contributed by atoms with van der Waals surface area (Å²) in [6.45, 7) is 0.491. The van der Waals surface area contributed by atoms with Gasteiger partial charge >= 0.3 is 0 Å². The number of alkyl halides is 1. The third kappa shape index (κ3) is 5.25. The van der Waals surface area contributed by atoms with E-state index in [0.717, 1.165) is 31.9 Å². The van der Waals surface area contributed by atoms with Crippen molar-refractivity contribution in [2.45, 2.75) is 32.1 Å². The summed E-state index contributed by atoms with van der Waals surface area (Å²) in [5.74, 6) is -0.347. The van der Waals surface area contributed by atoms with Gasteiger partial charge in [-0.25, -0.2) is 8.42 Å². The molecule has 0 aromatic carbocycles. The van der Waals surface area contributed by atoms with Crippen molar-refractivity contribution >= 4 is 27.3 Å². The van der Waals surface area contributed by atoms with Crippen LogP contribution in [0.3, 0.4) is 0 Å². The molecule has 0 heterocycles. The van der Waals surface area contributed by atoms with Crippen LogP contribution in [-0.2, 0) is 14.6 Å². The Morgan fingerprint density at radius 3 is 2.35 bits per heavy atom. The molecule has 0 saturated heterocycles. The number of carbonyl (C=O) groups is 1. The van der Waals surface area contributed by atoms with Gasteiger partial charge in [0.25, 0.3) is 0 Å². The number of rotatable bonds is 5. The SMILES string of the molecule is CS(=O)(=O)CC(=O)NCC1(CCl)CCCCC1. The maximum Gasteiger partial charge on any atom is 0.235 e. The van der Waals surface area contributed by atoms with E-state index in [4.69, 9.17) is 11.6 Å². The minimum atomic E-state index is -3.25. The summed E-state index contributed by atoms with van der Waals surface area (Å²) in [5, 5.41) is 2.70. The topological polar surface area (TPSA) is 63.2 Å². The summed E-state index contributed by atoms with van der Waals surface area (Å²) < 4.78 is 21.9. The molecule has 1 rings (SSSR count). The van der Waals surface area contributed by atoms with Gasteiger partial charge in [0.1, 0.15) is 5.75 Å². The van der Waals surface area contributed by atoms with Crippen LogP contribution in [0.15, 0.2) is 0 Å². The van der Waals surface area contributed by atoms with Crippen molar-refractivity contribution in [3.05, 3.63) is 0 Å². The van der Waals surface area contributed by atoms with Gasteiger partial charge in [-0.1, -0.05) is 19.3 Å². The Morgan fingerprint density at radius 1 is 1.29 bits per heavy atom. The average Bonchev–Trinajstić information content (AvgIpc) is 2.25. The minimum Gasteiger partial charge on any atom is -0.355 e. The Morgan fingerprint density at radius 2 is 1.88 bits per heavy atom. The fourth-order valence-electron chi connectivity index (χ4n) is 2.23. The smallest absolute Gasteiger partial charge is 0.235 e. The third-order valence-electron chi connectivity index (χ3n) is 3.25. The molecule has 17 heavy (non-hydrogen) atoms. The van der Waals surface area contributed by atoms with Gasteiger partial charge in [0.2, 0.25) is 5.91 Å². The van der Waals surface area contributed by atoms with Crippen LogP contribution < -0.4 is 5.32 Å². The summed E-state index contributed by atoms with van der Waals surface area (Å²) in [4.78, 5) is 11.4. The highest BCUT2D eigenvalue weighted by atomic mass is 35.5. The molecule has 1 amide bonds. The van der Waals surface area contributed by atoms with Crippen molar-refractivity contribution in [2.75, 3.05) is 24.4 Å². The first-order chi connectivity index (χ1) is 7.87. The number of carbonyl (C=O) groups excluding carboxylic acids is 1. The summed E-state index contributed by atoms with van der Waals surface area (Å²) in [6, 6.07) is 0. The van der Waals surface area contributed by atoms with Crippen LogP contribution in [0.2, 0.25) is 0 Å². The van der Waals surface area contributed by atoms with E-state index in [-0.39, 0.29) is 5.41 Å². The molecule has 0 atom stereocenters. The third-order valence-corrected chi connectivity index (χ3v) is 4.61. The number of amides is 1. The molecule has 1 aliphatic rings. The van der Waals surface area contributed by atoms with Crippen molar-refractivity contribution in [2.24, 2.45) is 5.41 Å². The van der Waals surface area contributed by atoms with Gasteiger partial charge in [0.05, 0.1) is 0 Å². The van der Waals surface area contributed by atoms with Crippen molar-refractivity contribution in [1.82, 2.24) is 5.32 Å². The Kier molecular flexibility index (Phi) is 5.25. The predicted octanol–water partition coefficient (Wildman–Crippen LogP) is 1.34. The lowest BCUT2D eigenvalue weighted by atomic mass is 9.75. The summed E-state index contributed by atoms with van der Waals surface area (Å²) in [6.07, 6.45) is 6.56. The van der Waals surface area contributed by atoms with Gasteiger partial charge in [-0.05, 0) is 12.8 Å². The highest BCUT2D eigenvalue weighted by molar-refractivity contribution is 7.91. The number of hydrogen-bond donors (Lipinski definition) is 1. The van der Waals surface area contributed by atoms with Crippen LogP contribution >= 0.6 is 11.6 Å². The Labute approximate surface area is 108 Å². The fraction of sp³-hybridized carbons (Fsp3) is 0.909. The van der Waals surface area contributed by atoms with Gasteiger partial charge in [0, 0.05) is 24.1 Å². The molecular formula is C11H20ClNO3S. The molecule has 0 radical (unpaired) electrons. The van der Waals surface area contributed by atoms with Crippen LogP contribution in [-0.4, -0.2) is 38.8 Å².